The maximum atomic E-state index is 13.2. The predicted molar refractivity (Wildman–Crippen MR) is 135 cm³/mol. The highest BCUT2D eigenvalue weighted by Gasteiger charge is 2.34. The zero-order chi connectivity index (χ0) is 24.5. The fraction of sp³-hybridized carbons (Fsp3) is 0.462. The molecular formula is C26H31FN4O3S. The molecule has 0 radical (unpaired) electrons. The van der Waals surface area contributed by atoms with Gasteiger partial charge in [0.25, 0.3) is 0 Å². The number of hydrogen-bond donors (Lipinski definition) is 1. The van der Waals surface area contributed by atoms with Crippen LogP contribution in [0.1, 0.15) is 30.8 Å². The first-order chi connectivity index (χ1) is 16.9. The number of aliphatic hydroxyl groups excluding tert-OH is 1. The largest absolute Gasteiger partial charge is 0.472 e. The lowest BCUT2D eigenvalue weighted by Gasteiger charge is -2.44. The number of piperazine rings is 1. The number of halogens is 1. The van der Waals surface area contributed by atoms with Gasteiger partial charge >= 0.3 is 0 Å². The highest BCUT2D eigenvalue weighted by Crippen LogP contribution is 2.28. The van der Waals surface area contributed by atoms with Crippen molar-refractivity contribution in [2.75, 3.05) is 26.2 Å². The Morgan fingerprint density at radius 2 is 2.03 bits per heavy atom. The van der Waals surface area contributed by atoms with Crippen molar-refractivity contribution in [3.8, 4) is 5.75 Å². The van der Waals surface area contributed by atoms with Crippen molar-refractivity contribution in [2.45, 2.75) is 51.7 Å². The number of oxime groups is 1. The maximum Gasteiger partial charge on any atom is 0.178 e. The zero-order valence-corrected chi connectivity index (χ0v) is 21.0. The second kappa shape index (κ2) is 10.2. The van der Waals surface area contributed by atoms with Crippen molar-refractivity contribution >= 4 is 27.3 Å². The van der Waals surface area contributed by atoms with E-state index in [4.69, 9.17) is 9.57 Å². The first-order valence-corrected chi connectivity index (χ1v) is 12.9. The molecule has 3 aromatic rings. The molecular weight excluding hydrogens is 467 g/mol. The van der Waals surface area contributed by atoms with Crippen LogP contribution in [0, 0.1) is 12.7 Å². The highest BCUT2D eigenvalue weighted by molar-refractivity contribution is 7.18. The van der Waals surface area contributed by atoms with E-state index in [1.54, 1.807) is 30.4 Å². The van der Waals surface area contributed by atoms with Gasteiger partial charge in [-0.15, -0.1) is 11.3 Å². The summed E-state index contributed by atoms with van der Waals surface area (Å²) in [6, 6.07) is 12.6. The first kappa shape index (κ1) is 24.1. The van der Waals surface area contributed by atoms with E-state index in [9.17, 15) is 9.50 Å². The molecule has 1 unspecified atom stereocenters. The molecule has 1 aromatic heterocycles. The molecule has 2 aliphatic heterocycles. The van der Waals surface area contributed by atoms with Crippen LogP contribution >= 0.6 is 11.3 Å². The molecule has 35 heavy (non-hydrogen) atoms. The van der Waals surface area contributed by atoms with Crippen LogP contribution in [0.2, 0.25) is 0 Å². The fourth-order valence-electron chi connectivity index (χ4n) is 4.84. The molecule has 4 atom stereocenters. The summed E-state index contributed by atoms with van der Waals surface area (Å²) in [6.45, 7) is 9.10. The fourth-order valence-corrected chi connectivity index (χ4v) is 5.65. The van der Waals surface area contributed by atoms with Crippen molar-refractivity contribution < 1.29 is 19.1 Å². The van der Waals surface area contributed by atoms with E-state index in [0.717, 1.165) is 52.7 Å². The number of aryl methyl sites for hydroxylation is 1. The molecule has 5 rings (SSSR count). The van der Waals surface area contributed by atoms with E-state index in [1.807, 2.05) is 25.1 Å². The van der Waals surface area contributed by atoms with Crippen LogP contribution in [0.15, 0.2) is 47.6 Å². The Labute approximate surface area is 208 Å². The number of nitrogens with zero attached hydrogens (tertiary/aromatic N) is 4. The second-order valence-corrected chi connectivity index (χ2v) is 10.7. The van der Waals surface area contributed by atoms with Crippen molar-refractivity contribution in [3.63, 3.8) is 0 Å². The van der Waals surface area contributed by atoms with Gasteiger partial charge in [0.15, 0.2) is 6.23 Å². The Kier molecular flexibility index (Phi) is 7.02. The summed E-state index contributed by atoms with van der Waals surface area (Å²) in [5, 5.41) is 15.8. The Morgan fingerprint density at radius 1 is 1.23 bits per heavy atom. The number of fused-ring (bicyclic) bond motifs is 1. The van der Waals surface area contributed by atoms with E-state index < -0.39 is 12.3 Å². The van der Waals surface area contributed by atoms with Crippen LogP contribution in [0.4, 0.5) is 4.39 Å². The quantitative estimate of drug-likeness (QED) is 0.531. The molecule has 1 fully saturated rings. The van der Waals surface area contributed by atoms with Crippen molar-refractivity contribution in [3.05, 3.63) is 58.9 Å². The van der Waals surface area contributed by atoms with Gasteiger partial charge in [0.05, 0.1) is 20.9 Å². The van der Waals surface area contributed by atoms with Gasteiger partial charge in [0, 0.05) is 44.7 Å². The summed E-state index contributed by atoms with van der Waals surface area (Å²) in [4.78, 5) is 14.9. The van der Waals surface area contributed by atoms with Crippen LogP contribution in [0.25, 0.3) is 10.2 Å². The number of ether oxygens (including phenoxy) is 1. The third-order valence-corrected chi connectivity index (χ3v) is 7.59. The highest BCUT2D eigenvalue weighted by atomic mass is 32.1. The number of hydrogen-bond acceptors (Lipinski definition) is 8. The molecule has 1 N–H and O–H groups in total. The summed E-state index contributed by atoms with van der Waals surface area (Å²) in [7, 11) is 0. The maximum absolute atomic E-state index is 13.2. The van der Waals surface area contributed by atoms with Gasteiger partial charge in [-0.2, -0.15) is 0 Å². The molecule has 0 aliphatic carbocycles. The van der Waals surface area contributed by atoms with E-state index in [-0.39, 0.29) is 18.0 Å². The monoisotopic (exact) mass is 498 g/mol. The van der Waals surface area contributed by atoms with Crippen molar-refractivity contribution in [2.24, 2.45) is 5.16 Å². The molecule has 186 valence electrons. The standard InChI is InChI=1S/C26H31FN4O3S/c1-16-14-31(26(17(2)32)33-21-8-9-25-24(12-21)28-18(3)35-25)11-10-30(16)15-22-13-23(29-34-22)19-4-6-20(27)7-5-19/h4-9,12,16-17,22,26,32H,10-11,13-15H2,1-3H3/t16-,17+,22+,26?/m0/s1. The molecule has 2 aliphatic rings. The predicted octanol–water partition coefficient (Wildman–Crippen LogP) is 4.03. The molecule has 0 spiro atoms. The Morgan fingerprint density at radius 3 is 2.77 bits per heavy atom. The zero-order valence-electron chi connectivity index (χ0n) is 20.2. The topological polar surface area (TPSA) is 70.4 Å². The normalized spacial score (nSPS) is 23.2. The summed E-state index contributed by atoms with van der Waals surface area (Å²) >= 11 is 1.66. The smallest absolute Gasteiger partial charge is 0.178 e. The van der Waals surface area contributed by atoms with Gasteiger partial charge in [0.2, 0.25) is 0 Å². The summed E-state index contributed by atoms with van der Waals surface area (Å²) in [5.41, 5.74) is 2.68. The van der Waals surface area contributed by atoms with Gasteiger partial charge in [-0.05, 0) is 50.6 Å². The number of aliphatic hydroxyl groups is 1. The minimum atomic E-state index is -0.647. The van der Waals surface area contributed by atoms with Crippen LogP contribution in [0.3, 0.4) is 0 Å². The number of thiazole rings is 1. The van der Waals surface area contributed by atoms with Crippen molar-refractivity contribution in [1.82, 2.24) is 14.8 Å². The number of rotatable bonds is 7. The van der Waals surface area contributed by atoms with Gasteiger partial charge in [-0.3, -0.25) is 9.80 Å². The van der Waals surface area contributed by atoms with E-state index in [1.165, 1.54) is 12.1 Å². The lowest BCUT2D eigenvalue weighted by atomic mass is 10.0. The lowest BCUT2D eigenvalue weighted by Crippen LogP contribution is -2.59. The molecule has 7 nitrogen and oxygen atoms in total. The van der Waals surface area contributed by atoms with Crippen LogP contribution in [-0.2, 0) is 4.84 Å². The average molecular weight is 499 g/mol. The second-order valence-electron chi connectivity index (χ2n) is 9.43. The van der Waals surface area contributed by atoms with Gasteiger partial charge in [-0.1, -0.05) is 17.3 Å². The SMILES string of the molecule is Cc1nc2cc(OC([C@@H](C)O)N3CCN(C[C@H]4CC(c5ccc(F)cc5)=NO4)[C@@H](C)C3)ccc2s1. The van der Waals surface area contributed by atoms with Gasteiger partial charge in [-0.25, -0.2) is 9.37 Å². The van der Waals surface area contributed by atoms with Gasteiger partial charge < -0.3 is 14.7 Å². The Hall–Kier alpha value is -2.59. The van der Waals surface area contributed by atoms with Crippen LogP contribution in [0.5, 0.6) is 5.75 Å². The molecule has 2 aromatic carbocycles. The third kappa shape index (κ3) is 5.48. The molecule has 0 amide bonds. The minimum absolute atomic E-state index is 0.0267. The summed E-state index contributed by atoms with van der Waals surface area (Å²) in [6.07, 6.45) is -0.406. The Balaban J connectivity index is 1.17. The van der Waals surface area contributed by atoms with E-state index in [0.29, 0.717) is 12.2 Å². The molecule has 3 heterocycles. The third-order valence-electron chi connectivity index (χ3n) is 6.64. The first-order valence-electron chi connectivity index (χ1n) is 12.0. The molecule has 9 heteroatoms. The minimum Gasteiger partial charge on any atom is -0.472 e. The van der Waals surface area contributed by atoms with Crippen molar-refractivity contribution in [1.29, 1.82) is 0 Å². The molecule has 0 saturated carbocycles. The average Bonchev–Trinajstić information content (AvgIpc) is 3.44. The number of benzene rings is 2. The number of aromatic nitrogens is 1. The van der Waals surface area contributed by atoms with Crippen LogP contribution < -0.4 is 4.74 Å². The van der Waals surface area contributed by atoms with E-state index in [2.05, 4.69) is 26.9 Å². The Bertz CT molecular complexity index is 1200. The lowest BCUT2D eigenvalue weighted by molar-refractivity contribution is -0.0891. The summed E-state index contributed by atoms with van der Waals surface area (Å²) in [5.74, 6) is 0.461. The molecule has 1 saturated heterocycles. The van der Waals surface area contributed by atoms with E-state index >= 15 is 0 Å². The summed E-state index contributed by atoms with van der Waals surface area (Å²) < 4.78 is 20.6. The molecule has 0 bridgehead atoms. The van der Waals surface area contributed by atoms with Crippen LogP contribution in [-0.4, -0.2) is 76.3 Å². The van der Waals surface area contributed by atoms with Gasteiger partial charge in [0.1, 0.15) is 23.8 Å².